The fourth-order valence-electron chi connectivity index (χ4n) is 1.68. The number of nitrogens with zero attached hydrogens (tertiary/aromatic N) is 1. The van der Waals surface area contributed by atoms with E-state index in [1.165, 1.54) is 6.92 Å². The van der Waals surface area contributed by atoms with E-state index in [0.717, 1.165) is 6.21 Å². The first-order valence-corrected chi connectivity index (χ1v) is 7.87. The maximum absolute atomic E-state index is 12.2. The molecule has 0 saturated heterocycles. The summed E-state index contributed by atoms with van der Waals surface area (Å²) < 4.78 is 0. The molecule has 5 heteroatoms. The third-order valence-corrected chi connectivity index (χ3v) is 3.82. The van der Waals surface area contributed by atoms with Crippen LogP contribution in [0.1, 0.15) is 34.6 Å². The summed E-state index contributed by atoms with van der Waals surface area (Å²) in [5, 5.41) is 10.2. The number of carbonyl (C=O) groups is 2. The summed E-state index contributed by atoms with van der Waals surface area (Å²) in [6.45, 7) is 11.0. The van der Waals surface area contributed by atoms with Gasteiger partial charge < -0.3 is 15.6 Å². The average Bonchev–Trinajstić information content (AvgIpc) is 2.40. The molecule has 23 heavy (non-hydrogen) atoms. The Labute approximate surface area is 140 Å². The van der Waals surface area contributed by atoms with E-state index in [1.54, 1.807) is 6.08 Å². The van der Waals surface area contributed by atoms with E-state index >= 15 is 0 Å². The molecule has 0 heterocycles. The average molecular weight is 321 g/mol. The lowest BCUT2D eigenvalue weighted by atomic mass is 9.81. The van der Waals surface area contributed by atoms with E-state index in [9.17, 15) is 9.59 Å². The minimum absolute atomic E-state index is 0.0667. The van der Waals surface area contributed by atoms with E-state index < -0.39 is 0 Å². The largest absolute Gasteiger partial charge is 0.351 e. The van der Waals surface area contributed by atoms with Crippen LogP contribution in [0.25, 0.3) is 0 Å². The molecule has 0 aromatic rings. The van der Waals surface area contributed by atoms with Crippen LogP contribution in [-0.4, -0.2) is 50.0 Å². The smallest absolute Gasteiger partial charge is 0.253 e. The predicted molar refractivity (Wildman–Crippen MR) is 95.8 cm³/mol. The van der Waals surface area contributed by atoms with Gasteiger partial charge in [0.15, 0.2) is 5.78 Å². The Morgan fingerprint density at radius 3 is 2.17 bits per heavy atom. The second kappa shape index (κ2) is 9.40. The second-order valence-corrected chi connectivity index (χ2v) is 7.10. The molecule has 1 amide bonds. The summed E-state index contributed by atoms with van der Waals surface area (Å²) >= 11 is 0. The number of allylic oxidation sites excluding steroid dienone is 3. The van der Waals surface area contributed by atoms with Gasteiger partial charge in [-0.2, -0.15) is 0 Å². The highest BCUT2D eigenvalue weighted by atomic mass is 16.2. The molecule has 0 fully saturated rings. The number of nitrogens with one attached hydrogen (secondary N) is 2. The molecule has 2 N–H and O–H groups in total. The first kappa shape index (κ1) is 21.2. The van der Waals surface area contributed by atoms with Gasteiger partial charge in [-0.3, -0.25) is 9.59 Å². The van der Waals surface area contributed by atoms with Crippen molar-refractivity contribution in [1.29, 1.82) is 5.41 Å². The van der Waals surface area contributed by atoms with Gasteiger partial charge >= 0.3 is 0 Å². The van der Waals surface area contributed by atoms with Crippen molar-refractivity contribution < 1.29 is 9.59 Å². The monoisotopic (exact) mass is 321 g/mol. The Morgan fingerprint density at radius 2 is 1.78 bits per heavy atom. The van der Waals surface area contributed by atoms with E-state index in [1.807, 2.05) is 25.1 Å². The van der Waals surface area contributed by atoms with Crippen LogP contribution in [0.2, 0.25) is 0 Å². The Bertz CT molecular complexity index is 497. The van der Waals surface area contributed by atoms with Gasteiger partial charge in [-0.15, -0.1) is 0 Å². The standard InChI is InChI=1S/C18H31N3O2/c1-13(18(3,4)5)8-9-15(14(2)22)16(12-19)17(23)20-10-11-21(6)7/h8-9,12-13,19H,10-11H2,1-7H3,(H,20,23)/b9-8-,16-15-,19-12?. The van der Waals surface area contributed by atoms with Crippen LogP contribution in [0, 0.1) is 16.7 Å². The van der Waals surface area contributed by atoms with E-state index in [2.05, 4.69) is 33.0 Å². The van der Waals surface area contributed by atoms with Crippen molar-refractivity contribution >= 4 is 17.9 Å². The minimum Gasteiger partial charge on any atom is -0.351 e. The van der Waals surface area contributed by atoms with Crippen molar-refractivity contribution in [2.45, 2.75) is 34.6 Å². The van der Waals surface area contributed by atoms with Crippen LogP contribution in [0.5, 0.6) is 0 Å². The Balaban J connectivity index is 5.35. The van der Waals surface area contributed by atoms with Crippen LogP contribution in [0.4, 0.5) is 0 Å². The molecule has 0 bridgehead atoms. The van der Waals surface area contributed by atoms with Crippen LogP contribution in [-0.2, 0) is 9.59 Å². The molecule has 0 saturated carbocycles. The highest BCUT2D eigenvalue weighted by Crippen LogP contribution is 2.26. The highest BCUT2D eigenvalue weighted by Gasteiger charge is 2.19. The van der Waals surface area contributed by atoms with Crippen molar-refractivity contribution in [3.63, 3.8) is 0 Å². The van der Waals surface area contributed by atoms with Gasteiger partial charge in [0.2, 0.25) is 0 Å². The zero-order valence-corrected chi connectivity index (χ0v) is 15.5. The number of hydrogen-bond donors (Lipinski definition) is 2. The maximum Gasteiger partial charge on any atom is 0.253 e. The summed E-state index contributed by atoms with van der Waals surface area (Å²) in [7, 11) is 3.83. The molecule has 0 rings (SSSR count). The van der Waals surface area contributed by atoms with Gasteiger partial charge in [-0.25, -0.2) is 0 Å². The van der Waals surface area contributed by atoms with Gasteiger partial charge in [-0.05, 0) is 32.4 Å². The first-order valence-electron chi connectivity index (χ1n) is 7.87. The fraction of sp³-hybridized carbons (Fsp3) is 0.611. The third-order valence-electron chi connectivity index (χ3n) is 3.82. The maximum atomic E-state index is 12.2. The Kier molecular flexibility index (Phi) is 8.69. The number of ketones is 1. The lowest BCUT2D eigenvalue weighted by molar-refractivity contribution is -0.118. The molecular formula is C18H31N3O2. The molecule has 0 aromatic carbocycles. The van der Waals surface area contributed by atoms with Gasteiger partial charge in [0.1, 0.15) is 0 Å². The topological polar surface area (TPSA) is 73.3 Å². The molecule has 1 unspecified atom stereocenters. The molecule has 0 aliphatic rings. The molecule has 0 aliphatic heterocycles. The fourth-order valence-corrected chi connectivity index (χ4v) is 1.68. The zero-order chi connectivity index (χ0) is 18.2. The number of carbonyl (C=O) groups excluding carboxylic acids is 2. The van der Waals surface area contributed by atoms with Crippen LogP contribution in [0.3, 0.4) is 0 Å². The quantitative estimate of drug-likeness (QED) is 0.410. The molecule has 1 atom stereocenters. The SMILES string of the molecule is CC(=O)C(/C=C\C(C)C(C)(C)C)=C(/C=N)C(=O)NCCN(C)C. The van der Waals surface area contributed by atoms with Gasteiger partial charge in [-0.1, -0.05) is 39.8 Å². The summed E-state index contributed by atoms with van der Waals surface area (Å²) in [6, 6.07) is 0. The second-order valence-electron chi connectivity index (χ2n) is 7.10. The van der Waals surface area contributed by atoms with Crippen molar-refractivity contribution in [3.8, 4) is 0 Å². The number of likely N-dealkylation sites (N-methyl/N-ethyl adjacent to an activating group) is 1. The number of Topliss-reactive ketones (excluding diaryl/α,β-unsaturated/α-hetero) is 1. The van der Waals surface area contributed by atoms with Crippen LogP contribution >= 0.6 is 0 Å². The lowest BCUT2D eigenvalue weighted by Gasteiger charge is -2.24. The molecule has 0 aliphatic carbocycles. The summed E-state index contributed by atoms with van der Waals surface area (Å²) in [5.41, 5.74) is 0.448. The normalized spacial score (nSPS) is 14.6. The molecular weight excluding hydrogens is 290 g/mol. The minimum atomic E-state index is -0.389. The van der Waals surface area contributed by atoms with Crippen molar-refractivity contribution in [3.05, 3.63) is 23.3 Å². The molecule has 5 nitrogen and oxygen atoms in total. The molecule has 0 radical (unpaired) electrons. The van der Waals surface area contributed by atoms with Gasteiger partial charge in [0, 0.05) is 24.9 Å². The Morgan fingerprint density at radius 1 is 1.22 bits per heavy atom. The molecule has 0 aromatic heterocycles. The third kappa shape index (κ3) is 7.88. The Hall–Kier alpha value is -1.75. The highest BCUT2D eigenvalue weighted by molar-refractivity contribution is 6.18. The number of hydrogen-bond acceptors (Lipinski definition) is 4. The van der Waals surface area contributed by atoms with E-state index in [-0.39, 0.29) is 34.2 Å². The van der Waals surface area contributed by atoms with Crippen LogP contribution < -0.4 is 5.32 Å². The predicted octanol–water partition coefficient (Wildman–Crippen LogP) is 2.44. The van der Waals surface area contributed by atoms with Crippen molar-refractivity contribution in [1.82, 2.24) is 10.2 Å². The number of rotatable bonds is 8. The number of amides is 1. The summed E-state index contributed by atoms with van der Waals surface area (Å²) in [6.07, 6.45) is 4.55. The summed E-state index contributed by atoms with van der Waals surface area (Å²) in [5.74, 6) is -0.371. The lowest BCUT2D eigenvalue weighted by Crippen LogP contribution is -2.33. The molecule has 0 spiro atoms. The zero-order valence-electron chi connectivity index (χ0n) is 15.5. The van der Waals surface area contributed by atoms with Gasteiger partial charge in [0.05, 0.1) is 5.57 Å². The van der Waals surface area contributed by atoms with Gasteiger partial charge in [0.25, 0.3) is 5.91 Å². The first-order chi connectivity index (χ1) is 10.5. The van der Waals surface area contributed by atoms with Crippen molar-refractivity contribution in [2.24, 2.45) is 11.3 Å². The van der Waals surface area contributed by atoms with Crippen molar-refractivity contribution in [2.75, 3.05) is 27.2 Å². The summed E-state index contributed by atoms with van der Waals surface area (Å²) in [4.78, 5) is 26.1. The van der Waals surface area contributed by atoms with E-state index in [0.29, 0.717) is 13.1 Å². The van der Waals surface area contributed by atoms with Crippen LogP contribution in [0.15, 0.2) is 23.3 Å². The molecule has 130 valence electrons. The van der Waals surface area contributed by atoms with E-state index in [4.69, 9.17) is 5.41 Å².